The number of fused-ring (bicyclic) bond motifs is 1. The molecule has 1 aliphatic rings. The molecule has 1 aromatic heterocycles. The Morgan fingerprint density at radius 2 is 2.15 bits per heavy atom. The number of carbonyl (C=O) groups excluding carboxylic acids is 1. The van der Waals surface area contributed by atoms with E-state index < -0.39 is 0 Å². The van der Waals surface area contributed by atoms with Crippen LogP contribution in [0.4, 0.5) is 0 Å². The molecule has 3 aromatic rings. The van der Waals surface area contributed by atoms with Gasteiger partial charge in [0.05, 0.1) is 13.1 Å². The van der Waals surface area contributed by atoms with Gasteiger partial charge in [-0.3, -0.25) is 9.89 Å². The maximum Gasteiger partial charge on any atom is 0.291 e. The van der Waals surface area contributed by atoms with Crippen molar-refractivity contribution in [2.75, 3.05) is 13.2 Å². The molecule has 4 rings (SSSR count). The molecule has 2 N–H and O–H groups in total. The summed E-state index contributed by atoms with van der Waals surface area (Å²) in [5, 5.41) is 16.8. The minimum Gasteiger partial charge on any atom is -0.504 e. The van der Waals surface area contributed by atoms with E-state index in [2.05, 4.69) is 15.2 Å². The van der Waals surface area contributed by atoms with E-state index >= 15 is 0 Å². The molecule has 7 heteroatoms. The first kappa shape index (κ1) is 16.1. The van der Waals surface area contributed by atoms with Crippen molar-refractivity contribution in [2.45, 2.75) is 13.5 Å². The van der Waals surface area contributed by atoms with E-state index in [9.17, 15) is 9.90 Å². The number of amides is 1. The molecule has 1 amide bonds. The van der Waals surface area contributed by atoms with Crippen LogP contribution in [-0.4, -0.2) is 44.2 Å². The van der Waals surface area contributed by atoms with Crippen LogP contribution in [0.1, 0.15) is 21.7 Å². The summed E-state index contributed by atoms with van der Waals surface area (Å²) in [5.41, 5.74) is 3.78. The lowest BCUT2D eigenvalue weighted by Gasteiger charge is -2.18. The first-order valence-corrected chi connectivity index (χ1v) is 8.33. The van der Waals surface area contributed by atoms with Crippen LogP contribution in [0.2, 0.25) is 0 Å². The fraction of sp³-hybridized carbons (Fsp3) is 0.211. The van der Waals surface area contributed by atoms with Gasteiger partial charge in [0.15, 0.2) is 11.5 Å². The number of phenolic OH excluding ortho intramolecular Hbond substituents is 1. The fourth-order valence-electron chi connectivity index (χ4n) is 3.18. The minimum atomic E-state index is -0.250. The van der Waals surface area contributed by atoms with Crippen molar-refractivity contribution >= 4 is 5.91 Å². The maximum atomic E-state index is 12.6. The van der Waals surface area contributed by atoms with Crippen LogP contribution in [0.25, 0.3) is 11.1 Å². The first-order valence-electron chi connectivity index (χ1n) is 8.33. The Bertz CT molecular complexity index is 953. The Balaban J connectivity index is 1.72. The average molecular weight is 350 g/mol. The third-order valence-electron chi connectivity index (χ3n) is 4.48. The molecule has 0 saturated carbocycles. The summed E-state index contributed by atoms with van der Waals surface area (Å²) in [7, 11) is 0. The van der Waals surface area contributed by atoms with Crippen molar-refractivity contribution in [3.05, 3.63) is 59.7 Å². The molecule has 0 unspecified atom stereocenters. The Kier molecular flexibility index (Phi) is 4.04. The number of hydrogen-bond acceptors (Lipinski definition) is 5. The Morgan fingerprint density at radius 1 is 1.31 bits per heavy atom. The molecule has 0 bridgehead atoms. The summed E-state index contributed by atoms with van der Waals surface area (Å²) in [6.07, 6.45) is 1.30. The molecule has 2 heterocycles. The first-order chi connectivity index (χ1) is 12.6. The molecule has 0 radical (unpaired) electrons. The zero-order chi connectivity index (χ0) is 18.1. The number of phenols is 1. The van der Waals surface area contributed by atoms with E-state index in [0.29, 0.717) is 25.4 Å². The number of nitrogens with one attached hydrogen (secondary N) is 1. The van der Waals surface area contributed by atoms with E-state index in [0.717, 1.165) is 22.3 Å². The van der Waals surface area contributed by atoms with Crippen molar-refractivity contribution in [2.24, 2.45) is 0 Å². The van der Waals surface area contributed by atoms with Crippen molar-refractivity contribution in [1.29, 1.82) is 0 Å². The summed E-state index contributed by atoms with van der Waals surface area (Å²) in [6.45, 7) is 3.04. The molecule has 1 aliphatic heterocycles. The van der Waals surface area contributed by atoms with E-state index in [1.807, 2.05) is 37.3 Å². The molecule has 7 nitrogen and oxygen atoms in total. The predicted molar refractivity (Wildman–Crippen MR) is 94.9 cm³/mol. The van der Waals surface area contributed by atoms with Crippen LogP contribution in [-0.2, 0) is 6.54 Å². The Morgan fingerprint density at radius 3 is 2.92 bits per heavy atom. The third kappa shape index (κ3) is 2.88. The standard InChI is InChI=1S/C19H18N4O3/c1-12-4-2-3-5-15(12)13-8-14-10-23(19(25)18-20-11-21-22-18)6-7-26-17(14)16(24)9-13/h2-5,8-9,11,24H,6-7,10H2,1H3,(H,20,21,22). The van der Waals surface area contributed by atoms with Gasteiger partial charge >= 0.3 is 0 Å². The van der Waals surface area contributed by atoms with Crippen molar-refractivity contribution < 1.29 is 14.6 Å². The lowest BCUT2D eigenvalue weighted by Crippen LogP contribution is -2.33. The summed E-state index contributed by atoms with van der Waals surface area (Å²) in [4.78, 5) is 18.1. The zero-order valence-electron chi connectivity index (χ0n) is 14.3. The van der Waals surface area contributed by atoms with E-state index in [1.165, 1.54) is 6.33 Å². The fourth-order valence-corrected chi connectivity index (χ4v) is 3.18. The van der Waals surface area contributed by atoms with Gasteiger partial charge in [-0.2, -0.15) is 5.10 Å². The SMILES string of the molecule is Cc1ccccc1-c1cc(O)c2c(c1)CN(C(=O)c1ncn[nH]1)CCO2. The number of rotatable bonds is 2. The van der Waals surface area contributed by atoms with Crippen LogP contribution >= 0.6 is 0 Å². The molecule has 0 atom stereocenters. The molecule has 0 aliphatic carbocycles. The van der Waals surface area contributed by atoms with E-state index in [-0.39, 0.29) is 17.5 Å². The van der Waals surface area contributed by atoms with Crippen molar-refractivity contribution in [3.63, 3.8) is 0 Å². The average Bonchev–Trinajstić information content (AvgIpc) is 3.08. The largest absolute Gasteiger partial charge is 0.504 e. The normalized spacial score (nSPS) is 13.7. The van der Waals surface area contributed by atoms with Gasteiger partial charge in [0, 0.05) is 5.56 Å². The summed E-state index contributed by atoms with van der Waals surface area (Å²) in [5.74, 6) is 0.442. The monoisotopic (exact) mass is 350 g/mol. The van der Waals surface area contributed by atoms with Crippen LogP contribution in [0.5, 0.6) is 11.5 Å². The van der Waals surface area contributed by atoms with Gasteiger partial charge in [-0.05, 0) is 35.7 Å². The van der Waals surface area contributed by atoms with Gasteiger partial charge in [-0.15, -0.1) is 0 Å². The van der Waals surface area contributed by atoms with Crippen LogP contribution in [0.3, 0.4) is 0 Å². The van der Waals surface area contributed by atoms with Gasteiger partial charge in [0.1, 0.15) is 12.9 Å². The lowest BCUT2D eigenvalue weighted by atomic mass is 9.98. The molecule has 0 fully saturated rings. The number of H-pyrrole nitrogens is 1. The molecular weight excluding hydrogens is 332 g/mol. The highest BCUT2D eigenvalue weighted by molar-refractivity contribution is 5.90. The number of ether oxygens (including phenoxy) is 1. The van der Waals surface area contributed by atoms with Crippen LogP contribution in [0.15, 0.2) is 42.7 Å². The number of hydrogen-bond donors (Lipinski definition) is 2. The van der Waals surface area contributed by atoms with Gasteiger partial charge in [0.25, 0.3) is 5.91 Å². The zero-order valence-corrected chi connectivity index (χ0v) is 14.3. The maximum absolute atomic E-state index is 12.6. The Labute approximate surface area is 150 Å². The molecule has 0 spiro atoms. The highest BCUT2D eigenvalue weighted by Crippen LogP contribution is 2.38. The number of aryl methyl sites for hydroxylation is 1. The summed E-state index contributed by atoms with van der Waals surface area (Å²) >= 11 is 0. The number of carbonyl (C=O) groups is 1. The van der Waals surface area contributed by atoms with Crippen molar-refractivity contribution in [1.82, 2.24) is 20.1 Å². The number of benzene rings is 2. The molecule has 26 heavy (non-hydrogen) atoms. The summed E-state index contributed by atoms with van der Waals surface area (Å²) < 4.78 is 5.71. The smallest absolute Gasteiger partial charge is 0.291 e. The van der Waals surface area contributed by atoms with Gasteiger partial charge in [-0.25, -0.2) is 4.98 Å². The summed E-state index contributed by atoms with van der Waals surface area (Å²) in [6, 6.07) is 11.6. The number of nitrogens with zero attached hydrogens (tertiary/aromatic N) is 3. The topological polar surface area (TPSA) is 91.3 Å². The Hall–Kier alpha value is -3.35. The van der Waals surface area contributed by atoms with Crippen molar-refractivity contribution in [3.8, 4) is 22.6 Å². The highest BCUT2D eigenvalue weighted by atomic mass is 16.5. The highest BCUT2D eigenvalue weighted by Gasteiger charge is 2.25. The minimum absolute atomic E-state index is 0.0784. The lowest BCUT2D eigenvalue weighted by molar-refractivity contribution is 0.0721. The van der Waals surface area contributed by atoms with Crippen LogP contribution < -0.4 is 4.74 Å². The number of aromatic amines is 1. The molecular formula is C19H18N4O3. The second kappa shape index (κ2) is 6.51. The molecule has 132 valence electrons. The van der Waals surface area contributed by atoms with Gasteiger partial charge in [0.2, 0.25) is 5.82 Å². The van der Waals surface area contributed by atoms with Gasteiger partial charge < -0.3 is 14.7 Å². The van der Waals surface area contributed by atoms with Gasteiger partial charge in [-0.1, -0.05) is 24.3 Å². The molecule has 0 saturated heterocycles. The van der Waals surface area contributed by atoms with E-state index in [1.54, 1.807) is 11.0 Å². The number of aromatic nitrogens is 3. The van der Waals surface area contributed by atoms with Crippen LogP contribution in [0, 0.1) is 6.92 Å². The predicted octanol–water partition coefficient (Wildman–Crippen LogP) is 2.52. The second-order valence-corrected chi connectivity index (χ2v) is 6.21. The third-order valence-corrected chi connectivity index (χ3v) is 4.48. The quantitative estimate of drug-likeness (QED) is 0.741. The van der Waals surface area contributed by atoms with E-state index in [4.69, 9.17) is 4.74 Å². The molecule has 2 aromatic carbocycles. The second-order valence-electron chi connectivity index (χ2n) is 6.21. The number of aromatic hydroxyl groups is 1.